The van der Waals surface area contributed by atoms with E-state index in [1.54, 1.807) is 24.3 Å². The van der Waals surface area contributed by atoms with E-state index in [4.69, 9.17) is 11.5 Å². The molecule has 2 heterocycles. The maximum Gasteiger partial charge on any atom is 0.251 e. The summed E-state index contributed by atoms with van der Waals surface area (Å²) >= 11 is 0. The summed E-state index contributed by atoms with van der Waals surface area (Å²) in [4.78, 5) is 29.0. The van der Waals surface area contributed by atoms with Crippen molar-refractivity contribution in [1.29, 1.82) is 0 Å². The van der Waals surface area contributed by atoms with Gasteiger partial charge in [0.1, 0.15) is 0 Å². The van der Waals surface area contributed by atoms with Crippen molar-refractivity contribution in [1.82, 2.24) is 30.8 Å². The fourth-order valence-electron chi connectivity index (χ4n) is 5.78. The number of carbonyl (C=O) groups is 2. The first-order valence-electron chi connectivity index (χ1n) is 14.2. The Morgan fingerprint density at radius 3 is 2.38 bits per heavy atom. The van der Waals surface area contributed by atoms with E-state index in [9.17, 15) is 9.59 Å². The van der Waals surface area contributed by atoms with Crippen LogP contribution in [-0.2, 0) is 16.0 Å². The van der Waals surface area contributed by atoms with Crippen LogP contribution in [0.5, 0.6) is 0 Å². The molecule has 11 nitrogen and oxygen atoms in total. The van der Waals surface area contributed by atoms with Crippen molar-refractivity contribution in [3.63, 3.8) is 0 Å². The molecule has 214 valence electrons. The number of amides is 2. The molecule has 0 saturated heterocycles. The molecule has 1 aliphatic carbocycles. The van der Waals surface area contributed by atoms with E-state index in [1.165, 1.54) is 4.90 Å². The molecule has 0 bridgehead atoms. The zero-order chi connectivity index (χ0) is 29.1. The number of carbonyl (C=O) groups excluding carboxylic acids is 2. The van der Waals surface area contributed by atoms with Crippen LogP contribution in [0.2, 0.25) is 0 Å². The first-order chi connectivity index (χ1) is 20.5. The number of nitrogens with zero attached hydrogens (tertiary/aromatic N) is 5. The number of nitrogens with two attached hydrogens (primary N) is 2. The molecule has 1 saturated carbocycles. The molecule has 1 aliphatic rings. The molecule has 6 N–H and O–H groups in total. The molecule has 2 aromatic heterocycles. The van der Waals surface area contributed by atoms with Crippen LogP contribution >= 0.6 is 0 Å². The largest absolute Gasteiger partial charge is 0.330 e. The summed E-state index contributed by atoms with van der Waals surface area (Å²) in [6.07, 6.45) is 5.25. The molecule has 11 heteroatoms. The number of rotatable bonds is 8. The zero-order valence-electron chi connectivity index (χ0n) is 23.1. The Balaban J connectivity index is 1.22. The maximum atomic E-state index is 13.9. The van der Waals surface area contributed by atoms with Crippen LogP contribution in [0.4, 0.5) is 5.69 Å². The van der Waals surface area contributed by atoms with Gasteiger partial charge >= 0.3 is 0 Å². The fraction of sp³-hybridized carbons (Fsp3) is 0.290. The second-order valence-corrected chi connectivity index (χ2v) is 10.9. The average molecular weight is 564 g/mol. The highest BCUT2D eigenvalue weighted by Gasteiger charge is 2.35. The van der Waals surface area contributed by atoms with Gasteiger partial charge in [0.25, 0.3) is 5.91 Å². The lowest BCUT2D eigenvalue weighted by molar-refractivity contribution is -0.130. The Hall–Kier alpha value is -4.74. The van der Waals surface area contributed by atoms with Crippen LogP contribution in [0.1, 0.15) is 31.2 Å². The van der Waals surface area contributed by atoms with Gasteiger partial charge in [-0.25, -0.2) is 4.90 Å². The van der Waals surface area contributed by atoms with Gasteiger partial charge in [-0.2, -0.15) is 10.3 Å². The minimum atomic E-state index is -0.908. The topological polar surface area (TPSA) is 173 Å². The van der Waals surface area contributed by atoms with Gasteiger partial charge < -0.3 is 11.5 Å². The van der Waals surface area contributed by atoms with Crippen LogP contribution < -0.4 is 16.4 Å². The second-order valence-electron chi connectivity index (χ2n) is 10.9. The van der Waals surface area contributed by atoms with Gasteiger partial charge in [-0.15, -0.1) is 10.2 Å². The van der Waals surface area contributed by atoms with Crippen molar-refractivity contribution in [2.45, 2.75) is 38.1 Å². The smallest absolute Gasteiger partial charge is 0.251 e. The summed E-state index contributed by atoms with van der Waals surface area (Å²) in [5.41, 5.74) is 17.5. The Bertz CT molecular complexity index is 1660. The molecule has 1 fully saturated rings. The van der Waals surface area contributed by atoms with Gasteiger partial charge in [-0.3, -0.25) is 14.7 Å². The van der Waals surface area contributed by atoms with Crippen molar-refractivity contribution in [3.8, 4) is 22.5 Å². The average Bonchev–Trinajstić information content (AvgIpc) is 3.75. The lowest BCUT2D eigenvalue weighted by atomic mass is 9.81. The molecule has 2 amide bonds. The van der Waals surface area contributed by atoms with E-state index < -0.39 is 11.9 Å². The first kappa shape index (κ1) is 27.4. The van der Waals surface area contributed by atoms with Crippen molar-refractivity contribution in [3.05, 3.63) is 78.5 Å². The summed E-state index contributed by atoms with van der Waals surface area (Å²) in [5, 5.41) is 22.2. The van der Waals surface area contributed by atoms with Crippen LogP contribution in [0.25, 0.3) is 33.4 Å². The van der Waals surface area contributed by atoms with Gasteiger partial charge in [0.05, 0.1) is 23.4 Å². The number of tetrazole rings is 1. The standard InChI is InChI=1S/C31H33N9O2/c32-17-20-6-10-23(11-7-20)30(41)40(24-14-12-22(13-15-24)29-36-38-39-37-29)31(42)27(33)16-19-4-8-21(9-5-19)25-2-1-3-28-26(25)18-34-35-28/h1-5,8-9,12-15,18,20,23,27H,6-7,10-11,16-17,32-33H2,(H,34,35)(H,36,37,38,39)/t20?,23?,27-/m0/s1. The molecule has 6 rings (SSSR count). The lowest BCUT2D eigenvalue weighted by Crippen LogP contribution is -2.50. The van der Waals surface area contributed by atoms with Crippen molar-refractivity contribution < 1.29 is 9.59 Å². The van der Waals surface area contributed by atoms with Crippen molar-refractivity contribution in [2.24, 2.45) is 23.3 Å². The third-order valence-corrected chi connectivity index (χ3v) is 8.22. The molecular formula is C31H33N9O2. The summed E-state index contributed by atoms with van der Waals surface area (Å²) in [5.74, 6) is -0.0683. The summed E-state index contributed by atoms with van der Waals surface area (Å²) in [6.45, 7) is 0.613. The number of nitrogens with one attached hydrogen (secondary N) is 2. The van der Waals surface area contributed by atoms with E-state index >= 15 is 0 Å². The van der Waals surface area contributed by atoms with Crippen LogP contribution in [-0.4, -0.2) is 55.2 Å². The molecule has 3 aromatic carbocycles. The Labute approximate surface area is 242 Å². The molecule has 0 spiro atoms. The predicted octanol–water partition coefficient (Wildman–Crippen LogP) is 3.60. The summed E-state index contributed by atoms with van der Waals surface area (Å²) in [7, 11) is 0. The Morgan fingerprint density at radius 1 is 0.952 bits per heavy atom. The first-order valence-corrected chi connectivity index (χ1v) is 14.2. The highest BCUT2D eigenvalue weighted by molar-refractivity contribution is 6.17. The van der Waals surface area contributed by atoms with Crippen molar-refractivity contribution >= 4 is 28.4 Å². The van der Waals surface area contributed by atoms with Gasteiger partial charge in [-0.1, -0.05) is 36.4 Å². The predicted molar refractivity (Wildman–Crippen MR) is 160 cm³/mol. The number of anilines is 1. The molecule has 0 radical (unpaired) electrons. The van der Waals surface area contributed by atoms with Crippen molar-refractivity contribution in [2.75, 3.05) is 11.4 Å². The Kier molecular flexibility index (Phi) is 7.85. The molecule has 42 heavy (non-hydrogen) atoms. The number of fused-ring (bicyclic) bond motifs is 1. The summed E-state index contributed by atoms with van der Waals surface area (Å²) in [6, 6.07) is 20.1. The third kappa shape index (κ3) is 5.56. The normalized spacial score (nSPS) is 17.7. The number of imide groups is 1. The van der Waals surface area contributed by atoms with Gasteiger partial charge in [0, 0.05) is 16.9 Å². The van der Waals surface area contributed by atoms with Crippen LogP contribution in [0.3, 0.4) is 0 Å². The molecule has 0 unspecified atom stereocenters. The minimum absolute atomic E-state index is 0.221. The number of aromatic amines is 2. The second kappa shape index (κ2) is 12.0. The van der Waals surface area contributed by atoms with E-state index in [1.807, 2.05) is 42.6 Å². The molecular weight excluding hydrogens is 530 g/mol. The van der Waals surface area contributed by atoms with Gasteiger partial charge in [-0.05, 0) is 96.8 Å². The lowest BCUT2D eigenvalue weighted by Gasteiger charge is -2.32. The third-order valence-electron chi connectivity index (χ3n) is 8.22. The van der Waals surface area contributed by atoms with E-state index in [0.29, 0.717) is 48.8 Å². The molecule has 0 aliphatic heterocycles. The monoisotopic (exact) mass is 563 g/mol. The van der Waals surface area contributed by atoms with E-state index in [-0.39, 0.29) is 11.8 Å². The van der Waals surface area contributed by atoms with E-state index in [0.717, 1.165) is 40.4 Å². The van der Waals surface area contributed by atoms with Crippen LogP contribution in [0.15, 0.2) is 72.9 Å². The maximum absolute atomic E-state index is 13.9. The van der Waals surface area contributed by atoms with E-state index in [2.05, 4.69) is 36.9 Å². The SMILES string of the molecule is NCC1CCC(C(=O)N(C(=O)[C@@H](N)Cc2ccc(-c3cccc4[nH]ncc34)cc2)c2ccc(-c3nn[nH]n3)cc2)CC1. The Morgan fingerprint density at radius 2 is 1.69 bits per heavy atom. The molecule has 1 atom stereocenters. The number of aromatic nitrogens is 6. The number of H-pyrrole nitrogens is 2. The number of benzene rings is 3. The molecule has 5 aromatic rings. The quantitative estimate of drug-likeness (QED) is 0.222. The number of hydrogen-bond acceptors (Lipinski definition) is 8. The number of hydrogen-bond donors (Lipinski definition) is 4. The fourth-order valence-corrected chi connectivity index (χ4v) is 5.78. The van der Waals surface area contributed by atoms with Gasteiger partial charge in [0.2, 0.25) is 11.7 Å². The summed E-state index contributed by atoms with van der Waals surface area (Å²) < 4.78 is 0. The highest BCUT2D eigenvalue weighted by Crippen LogP contribution is 2.32. The van der Waals surface area contributed by atoms with Crippen LogP contribution in [0, 0.1) is 11.8 Å². The minimum Gasteiger partial charge on any atom is -0.330 e. The highest BCUT2D eigenvalue weighted by atomic mass is 16.2. The zero-order valence-corrected chi connectivity index (χ0v) is 23.1. The van der Waals surface area contributed by atoms with Gasteiger partial charge in [0.15, 0.2) is 0 Å².